The lowest BCUT2D eigenvalue weighted by atomic mass is 9.69. The Morgan fingerprint density at radius 3 is 2.52 bits per heavy atom. The molecular formula is C31H29N3O5S. The molecule has 40 heavy (non-hydrogen) atoms. The average molecular weight is 556 g/mol. The van der Waals surface area contributed by atoms with Gasteiger partial charge in [0, 0.05) is 28.1 Å². The zero-order valence-corrected chi connectivity index (χ0v) is 23.3. The molecule has 2 aromatic heterocycles. The molecule has 9 heteroatoms. The van der Waals surface area contributed by atoms with Crippen molar-refractivity contribution in [2.75, 3.05) is 11.9 Å². The summed E-state index contributed by atoms with van der Waals surface area (Å²) in [5, 5.41) is 16.2. The zero-order chi connectivity index (χ0) is 28.4. The number of para-hydroxylation sites is 1. The molecule has 1 aliphatic carbocycles. The standard InChI is InChI=1S/C31H29N3O5S/c1-31(2,3)20-15-19(16-23-7-6-14-40-23)29-25(17-20)28(24-8-4-5-9-26(24)33-29)30(36)39-18-27(35)32-21-10-12-22(13-11-21)34(37)38/h4-14,16,20H,15,17-18H2,1-3H3,(H,32,35)/b19-16-/t20-/m1/s1. The van der Waals surface area contributed by atoms with Crippen LogP contribution in [-0.2, 0) is 16.0 Å². The summed E-state index contributed by atoms with van der Waals surface area (Å²) in [6, 6.07) is 17.0. The lowest BCUT2D eigenvalue weighted by molar-refractivity contribution is -0.384. The van der Waals surface area contributed by atoms with E-state index in [4.69, 9.17) is 9.72 Å². The zero-order valence-electron chi connectivity index (χ0n) is 22.5. The predicted octanol–water partition coefficient (Wildman–Crippen LogP) is 7.15. The van der Waals surface area contributed by atoms with Crippen LogP contribution in [0.1, 0.15) is 53.7 Å². The SMILES string of the molecule is CC(C)(C)[C@@H]1C/C(=C/c2cccs2)c2nc3ccccc3c(C(=O)OCC(=O)Nc3ccc([N+](=O)[O-])cc3)c2C1. The van der Waals surface area contributed by atoms with Crippen molar-refractivity contribution in [1.29, 1.82) is 0 Å². The average Bonchev–Trinajstić information content (AvgIpc) is 3.43. The summed E-state index contributed by atoms with van der Waals surface area (Å²) in [5.41, 5.74) is 4.13. The molecule has 0 fully saturated rings. The Balaban J connectivity index is 1.48. The Morgan fingerprint density at radius 1 is 1.10 bits per heavy atom. The van der Waals surface area contributed by atoms with Gasteiger partial charge in [-0.3, -0.25) is 14.9 Å². The van der Waals surface area contributed by atoms with Gasteiger partial charge in [-0.05, 0) is 71.0 Å². The van der Waals surface area contributed by atoms with Crippen molar-refractivity contribution in [3.8, 4) is 0 Å². The van der Waals surface area contributed by atoms with E-state index in [1.165, 1.54) is 24.3 Å². The first kappa shape index (κ1) is 27.2. The van der Waals surface area contributed by atoms with E-state index in [2.05, 4.69) is 38.2 Å². The molecule has 0 spiro atoms. The number of fused-ring (bicyclic) bond motifs is 2. The Bertz CT molecular complexity index is 1620. The van der Waals surface area contributed by atoms with Crippen LogP contribution in [0.3, 0.4) is 0 Å². The maximum Gasteiger partial charge on any atom is 0.339 e. The van der Waals surface area contributed by atoms with Crippen LogP contribution in [0.2, 0.25) is 0 Å². The van der Waals surface area contributed by atoms with E-state index in [0.717, 1.165) is 28.1 Å². The van der Waals surface area contributed by atoms with Crippen LogP contribution in [0.4, 0.5) is 11.4 Å². The van der Waals surface area contributed by atoms with E-state index in [9.17, 15) is 19.7 Å². The molecule has 1 N–H and O–H groups in total. The predicted molar refractivity (Wildman–Crippen MR) is 157 cm³/mol. The van der Waals surface area contributed by atoms with Crippen molar-refractivity contribution < 1.29 is 19.2 Å². The molecule has 204 valence electrons. The first-order valence-corrected chi connectivity index (χ1v) is 13.9. The highest BCUT2D eigenvalue weighted by molar-refractivity contribution is 7.10. The van der Waals surface area contributed by atoms with Crippen LogP contribution in [0, 0.1) is 21.4 Å². The van der Waals surface area contributed by atoms with Gasteiger partial charge in [0.15, 0.2) is 6.61 Å². The summed E-state index contributed by atoms with van der Waals surface area (Å²) in [7, 11) is 0. The van der Waals surface area contributed by atoms with E-state index in [1.54, 1.807) is 11.3 Å². The number of thiophene rings is 1. The van der Waals surface area contributed by atoms with E-state index in [1.807, 2.05) is 35.7 Å². The number of aromatic nitrogens is 1. The fourth-order valence-corrected chi connectivity index (χ4v) is 5.66. The molecule has 0 bridgehead atoms. The highest BCUT2D eigenvalue weighted by atomic mass is 32.1. The number of amides is 1. The van der Waals surface area contributed by atoms with E-state index >= 15 is 0 Å². The number of carbonyl (C=O) groups is 2. The number of benzene rings is 2. The van der Waals surface area contributed by atoms with Gasteiger partial charge in [0.25, 0.3) is 11.6 Å². The topological polar surface area (TPSA) is 111 Å². The molecule has 2 heterocycles. The van der Waals surface area contributed by atoms with Gasteiger partial charge in [-0.25, -0.2) is 9.78 Å². The minimum Gasteiger partial charge on any atom is -0.452 e. The Morgan fingerprint density at radius 2 is 1.85 bits per heavy atom. The summed E-state index contributed by atoms with van der Waals surface area (Å²) < 4.78 is 5.56. The van der Waals surface area contributed by atoms with Crippen LogP contribution in [0.25, 0.3) is 22.6 Å². The van der Waals surface area contributed by atoms with E-state index in [-0.39, 0.29) is 17.0 Å². The number of nitrogens with zero attached hydrogens (tertiary/aromatic N) is 2. The number of hydrogen-bond acceptors (Lipinski definition) is 7. The van der Waals surface area contributed by atoms with Gasteiger partial charge in [0.05, 0.1) is 21.7 Å². The quantitative estimate of drug-likeness (QED) is 0.154. The fourth-order valence-electron chi connectivity index (χ4n) is 4.98. The van der Waals surface area contributed by atoms with Crippen LogP contribution in [0.15, 0.2) is 66.0 Å². The molecule has 5 rings (SSSR count). The Kier molecular flexibility index (Phi) is 7.49. The molecule has 0 saturated heterocycles. The summed E-state index contributed by atoms with van der Waals surface area (Å²) in [4.78, 5) is 42.7. The number of rotatable bonds is 6. The number of carbonyl (C=O) groups excluding carboxylic acids is 2. The molecule has 0 radical (unpaired) electrons. The lowest BCUT2D eigenvalue weighted by Gasteiger charge is -2.36. The number of allylic oxidation sites excluding steroid dienone is 1. The maximum absolute atomic E-state index is 13.7. The highest BCUT2D eigenvalue weighted by Gasteiger charge is 2.35. The van der Waals surface area contributed by atoms with Crippen molar-refractivity contribution in [3.63, 3.8) is 0 Å². The number of non-ortho nitro benzene ring substituents is 1. The largest absolute Gasteiger partial charge is 0.452 e. The van der Waals surface area contributed by atoms with Gasteiger partial charge in [-0.2, -0.15) is 0 Å². The normalized spacial score (nSPS) is 16.0. The van der Waals surface area contributed by atoms with Crippen molar-refractivity contribution >= 4 is 57.1 Å². The molecule has 2 aromatic carbocycles. The number of nitro groups is 1. The van der Waals surface area contributed by atoms with Gasteiger partial charge < -0.3 is 10.1 Å². The Labute approximate surface area is 235 Å². The molecule has 0 unspecified atom stereocenters. The summed E-state index contributed by atoms with van der Waals surface area (Å²) in [6.07, 6.45) is 3.67. The number of anilines is 1. The van der Waals surface area contributed by atoms with Gasteiger partial charge >= 0.3 is 5.97 Å². The first-order valence-electron chi connectivity index (χ1n) is 13.0. The molecule has 0 saturated carbocycles. The van der Waals surface area contributed by atoms with Crippen LogP contribution in [0.5, 0.6) is 0 Å². The number of nitro benzene ring substituents is 1. The van der Waals surface area contributed by atoms with Crippen molar-refractivity contribution in [2.24, 2.45) is 11.3 Å². The third-order valence-corrected chi connectivity index (χ3v) is 8.02. The first-order chi connectivity index (χ1) is 19.1. The van der Waals surface area contributed by atoms with Gasteiger partial charge in [-0.1, -0.05) is 45.0 Å². The van der Waals surface area contributed by atoms with Crippen molar-refractivity contribution in [1.82, 2.24) is 4.98 Å². The third-order valence-electron chi connectivity index (χ3n) is 7.20. The molecule has 1 atom stereocenters. The molecule has 4 aromatic rings. The lowest BCUT2D eigenvalue weighted by Crippen LogP contribution is -2.29. The Hall–Kier alpha value is -4.37. The fraction of sp³-hybridized carbons (Fsp3) is 0.258. The van der Waals surface area contributed by atoms with E-state index < -0.39 is 23.4 Å². The van der Waals surface area contributed by atoms with Gasteiger partial charge in [0.2, 0.25) is 0 Å². The second-order valence-electron chi connectivity index (χ2n) is 10.9. The van der Waals surface area contributed by atoms with Gasteiger partial charge in [0.1, 0.15) is 0 Å². The minimum atomic E-state index is -0.585. The second-order valence-corrected chi connectivity index (χ2v) is 11.9. The monoisotopic (exact) mass is 555 g/mol. The van der Waals surface area contributed by atoms with Gasteiger partial charge in [-0.15, -0.1) is 11.3 Å². The van der Waals surface area contributed by atoms with Crippen molar-refractivity contribution in [3.05, 3.63) is 97.9 Å². The highest BCUT2D eigenvalue weighted by Crippen LogP contribution is 2.45. The van der Waals surface area contributed by atoms with Crippen molar-refractivity contribution in [2.45, 2.75) is 33.6 Å². The van der Waals surface area contributed by atoms with Crippen LogP contribution < -0.4 is 5.32 Å². The molecular weight excluding hydrogens is 526 g/mol. The van der Waals surface area contributed by atoms with Crippen LogP contribution in [-0.4, -0.2) is 28.4 Å². The molecule has 8 nitrogen and oxygen atoms in total. The number of ether oxygens (including phenoxy) is 1. The van der Waals surface area contributed by atoms with Crippen LogP contribution >= 0.6 is 11.3 Å². The summed E-state index contributed by atoms with van der Waals surface area (Å²) >= 11 is 1.65. The maximum atomic E-state index is 13.7. The second kappa shape index (κ2) is 11.0. The third kappa shape index (κ3) is 5.79. The summed E-state index contributed by atoms with van der Waals surface area (Å²) in [5.74, 6) is -0.856. The number of hydrogen-bond donors (Lipinski definition) is 1. The molecule has 1 aliphatic rings. The van der Waals surface area contributed by atoms with E-state index in [0.29, 0.717) is 28.6 Å². The number of nitrogens with one attached hydrogen (secondary N) is 1. The minimum absolute atomic E-state index is 0.0102. The number of pyridine rings is 1. The number of esters is 1. The molecule has 1 amide bonds. The molecule has 0 aliphatic heterocycles. The summed E-state index contributed by atoms with van der Waals surface area (Å²) in [6.45, 7) is 6.13. The smallest absolute Gasteiger partial charge is 0.339 e.